The van der Waals surface area contributed by atoms with Gasteiger partial charge in [0.05, 0.1) is 7.11 Å². The predicted octanol–water partition coefficient (Wildman–Crippen LogP) is 3.62. The molecule has 0 amide bonds. The van der Waals surface area contributed by atoms with Crippen molar-refractivity contribution in [3.8, 4) is 23.3 Å². The second-order valence-corrected chi connectivity index (χ2v) is 7.77. The number of benzene rings is 1. The Morgan fingerprint density at radius 2 is 1.87 bits per heavy atom. The van der Waals surface area contributed by atoms with Gasteiger partial charge in [-0.2, -0.15) is 0 Å². The van der Waals surface area contributed by atoms with Crippen LogP contribution < -0.4 is 15.2 Å². The van der Waals surface area contributed by atoms with Crippen LogP contribution in [0.2, 0.25) is 0 Å². The molecule has 1 atom stereocenters. The first-order valence-electron chi connectivity index (χ1n) is 10.4. The number of aromatic hydroxyl groups is 2. The van der Waals surface area contributed by atoms with Gasteiger partial charge >= 0.3 is 0 Å². The molecule has 4 rings (SSSR count). The van der Waals surface area contributed by atoms with E-state index in [1.165, 1.54) is 0 Å². The number of rotatable bonds is 9. The molecule has 0 bridgehead atoms. The minimum Gasteiger partial charge on any atom is -0.497 e. The Kier molecular flexibility index (Phi) is 5.90. The molecule has 5 N–H and O–H groups in total. The molecule has 0 saturated carbocycles. The Balaban J connectivity index is 1.25. The third-order valence-electron chi connectivity index (χ3n) is 5.74. The molecule has 160 valence electrons. The monoisotopic (exact) mass is 411 g/mol. The molecule has 0 radical (unpaired) electrons. The lowest BCUT2D eigenvalue weighted by molar-refractivity contribution is 0.280. The fourth-order valence-corrected chi connectivity index (χ4v) is 4.02. The first-order valence-corrected chi connectivity index (χ1v) is 10.4. The molecule has 3 aromatic rings. The van der Waals surface area contributed by atoms with E-state index >= 15 is 0 Å². The van der Waals surface area contributed by atoms with Crippen molar-refractivity contribution in [3.05, 3.63) is 47.7 Å². The van der Waals surface area contributed by atoms with Gasteiger partial charge in [0.15, 0.2) is 11.8 Å². The maximum absolute atomic E-state index is 10.4. The van der Waals surface area contributed by atoms with Crippen molar-refractivity contribution in [3.63, 3.8) is 0 Å². The second-order valence-electron chi connectivity index (χ2n) is 7.77. The van der Waals surface area contributed by atoms with E-state index in [0.717, 1.165) is 52.8 Å². The summed E-state index contributed by atoms with van der Waals surface area (Å²) >= 11 is 0. The lowest BCUT2D eigenvalue weighted by atomic mass is 10.0. The van der Waals surface area contributed by atoms with Gasteiger partial charge in [-0.25, -0.2) is 0 Å². The van der Waals surface area contributed by atoms with Crippen LogP contribution in [0.3, 0.4) is 0 Å². The van der Waals surface area contributed by atoms with E-state index in [1.807, 2.05) is 36.5 Å². The van der Waals surface area contributed by atoms with Gasteiger partial charge in [-0.05, 0) is 43.9 Å². The number of nitrogens with one attached hydrogen (secondary N) is 1. The van der Waals surface area contributed by atoms with Crippen molar-refractivity contribution in [2.75, 3.05) is 13.7 Å². The summed E-state index contributed by atoms with van der Waals surface area (Å²) in [5, 5.41) is 21.8. The molecule has 0 saturated heterocycles. The summed E-state index contributed by atoms with van der Waals surface area (Å²) in [5.74, 6) is 1.93. The van der Waals surface area contributed by atoms with Crippen LogP contribution >= 0.6 is 0 Å². The van der Waals surface area contributed by atoms with Crippen LogP contribution in [0.5, 0.6) is 23.3 Å². The van der Waals surface area contributed by atoms with E-state index in [-0.39, 0.29) is 17.8 Å². The highest BCUT2D eigenvalue weighted by molar-refractivity contribution is 5.87. The van der Waals surface area contributed by atoms with Gasteiger partial charge in [0, 0.05) is 40.8 Å². The van der Waals surface area contributed by atoms with Crippen LogP contribution in [0.4, 0.5) is 0 Å². The summed E-state index contributed by atoms with van der Waals surface area (Å²) in [6.45, 7) is 0.991. The molecule has 0 fully saturated rings. The third kappa shape index (κ3) is 3.98. The van der Waals surface area contributed by atoms with E-state index in [1.54, 1.807) is 11.7 Å². The fraction of sp³-hybridized carbons (Fsp3) is 0.391. The van der Waals surface area contributed by atoms with Crippen molar-refractivity contribution in [1.82, 2.24) is 9.55 Å². The predicted molar refractivity (Wildman–Crippen MR) is 116 cm³/mol. The summed E-state index contributed by atoms with van der Waals surface area (Å²) in [6, 6.07) is 5.71. The van der Waals surface area contributed by atoms with Crippen LogP contribution in [-0.2, 0) is 19.4 Å². The lowest BCUT2D eigenvalue weighted by Gasteiger charge is -2.13. The number of H-pyrrole nitrogens is 1. The zero-order valence-electron chi connectivity index (χ0n) is 17.2. The van der Waals surface area contributed by atoms with Crippen LogP contribution in [0.15, 0.2) is 36.5 Å². The highest BCUT2D eigenvalue weighted by atomic mass is 16.5. The molecular formula is C23H29N3O4. The minimum absolute atomic E-state index is 0.0928. The number of aromatic amines is 1. The van der Waals surface area contributed by atoms with E-state index < -0.39 is 0 Å². The highest BCUT2D eigenvalue weighted by Gasteiger charge is 2.22. The smallest absolute Gasteiger partial charge is 0.197 e. The Morgan fingerprint density at radius 1 is 1.13 bits per heavy atom. The van der Waals surface area contributed by atoms with Crippen molar-refractivity contribution in [1.29, 1.82) is 0 Å². The number of fused-ring (bicyclic) bond motifs is 2. The molecule has 7 heteroatoms. The highest BCUT2D eigenvalue weighted by Crippen LogP contribution is 2.37. The van der Waals surface area contributed by atoms with Gasteiger partial charge in [0.2, 0.25) is 0 Å². The number of hydrogen-bond donors (Lipinski definition) is 4. The maximum Gasteiger partial charge on any atom is 0.197 e. The standard InChI is InChI=1S/C23H29N3O4/c1-29-16-9-10-20-19(12-16)21(13-25-20)30-14-15(24)6-4-5-11-26-22(27)17-7-2-3-8-18(17)23(26)28/h2-3,9-10,12-13,15,25,27-28H,4-8,11,14,24H2,1H3. The number of allylic oxidation sites excluding steroid dienone is 2. The quantitative estimate of drug-likeness (QED) is 0.318. The number of hydrogen-bond acceptors (Lipinski definition) is 5. The number of unbranched alkanes of at least 4 members (excludes halogenated alkanes) is 1. The van der Waals surface area contributed by atoms with Crippen LogP contribution in [0, 0.1) is 0 Å². The lowest BCUT2D eigenvalue weighted by Crippen LogP contribution is -2.27. The first-order chi connectivity index (χ1) is 14.6. The van der Waals surface area contributed by atoms with Crippen molar-refractivity contribution in [2.24, 2.45) is 5.73 Å². The third-order valence-corrected chi connectivity index (χ3v) is 5.74. The Bertz CT molecular complexity index is 1020. The number of ether oxygens (including phenoxy) is 2. The summed E-state index contributed by atoms with van der Waals surface area (Å²) in [5.41, 5.74) is 8.91. The first kappa shape index (κ1) is 20.2. The second kappa shape index (κ2) is 8.75. The molecule has 1 aliphatic rings. The van der Waals surface area contributed by atoms with Crippen LogP contribution in [0.1, 0.15) is 30.4 Å². The Labute approximate surface area is 175 Å². The van der Waals surface area contributed by atoms with E-state index in [0.29, 0.717) is 26.0 Å². The van der Waals surface area contributed by atoms with E-state index in [2.05, 4.69) is 4.98 Å². The molecule has 30 heavy (non-hydrogen) atoms. The molecule has 2 heterocycles. The largest absolute Gasteiger partial charge is 0.497 e. The van der Waals surface area contributed by atoms with Crippen molar-refractivity contribution in [2.45, 2.75) is 44.7 Å². The zero-order valence-corrected chi connectivity index (χ0v) is 17.2. The van der Waals surface area contributed by atoms with Crippen LogP contribution in [0.25, 0.3) is 10.9 Å². The molecule has 7 nitrogen and oxygen atoms in total. The SMILES string of the molecule is COc1ccc2[nH]cc(OCC(N)CCCCn3c(O)c4c(c3O)CC=CC4)c2c1. The summed E-state index contributed by atoms with van der Waals surface area (Å²) in [7, 11) is 1.64. The van der Waals surface area contributed by atoms with Crippen molar-refractivity contribution < 1.29 is 19.7 Å². The Hall–Kier alpha value is -3.06. The summed E-state index contributed by atoms with van der Waals surface area (Å²) in [6.07, 6.45) is 9.73. The van der Waals surface area contributed by atoms with Gasteiger partial charge in [-0.15, -0.1) is 0 Å². The maximum atomic E-state index is 10.4. The molecule has 1 aliphatic carbocycles. The Morgan fingerprint density at radius 3 is 2.57 bits per heavy atom. The fourth-order valence-electron chi connectivity index (χ4n) is 4.02. The van der Waals surface area contributed by atoms with E-state index in [9.17, 15) is 10.2 Å². The minimum atomic E-state index is -0.0928. The number of nitrogens with two attached hydrogens (primary N) is 1. The van der Waals surface area contributed by atoms with Crippen molar-refractivity contribution >= 4 is 10.9 Å². The van der Waals surface area contributed by atoms with Gasteiger partial charge in [-0.3, -0.25) is 4.57 Å². The summed E-state index contributed by atoms with van der Waals surface area (Å²) in [4.78, 5) is 3.19. The van der Waals surface area contributed by atoms with Gasteiger partial charge in [-0.1, -0.05) is 18.6 Å². The zero-order chi connectivity index (χ0) is 21.1. The number of aromatic nitrogens is 2. The van der Waals surface area contributed by atoms with Gasteiger partial charge < -0.3 is 30.4 Å². The molecule has 1 aromatic carbocycles. The molecule has 2 aromatic heterocycles. The van der Waals surface area contributed by atoms with Gasteiger partial charge in [0.25, 0.3) is 0 Å². The molecular weight excluding hydrogens is 382 g/mol. The molecule has 1 unspecified atom stereocenters. The average molecular weight is 412 g/mol. The molecule has 0 aliphatic heterocycles. The van der Waals surface area contributed by atoms with Gasteiger partial charge in [0.1, 0.15) is 18.1 Å². The number of nitrogens with zero attached hydrogens (tertiary/aromatic N) is 1. The number of methoxy groups -OCH3 is 1. The van der Waals surface area contributed by atoms with Crippen LogP contribution in [-0.4, -0.2) is 39.5 Å². The topological polar surface area (TPSA) is 106 Å². The average Bonchev–Trinajstić information content (AvgIpc) is 3.28. The molecule has 0 spiro atoms. The normalized spacial score (nSPS) is 14.1. The summed E-state index contributed by atoms with van der Waals surface area (Å²) < 4.78 is 12.8. The van der Waals surface area contributed by atoms with E-state index in [4.69, 9.17) is 15.2 Å².